The molecule has 0 aliphatic heterocycles. The number of allylic oxidation sites excluding steroid dienone is 3. The molecule has 0 amide bonds. The van der Waals surface area contributed by atoms with Crippen molar-refractivity contribution in [2.75, 3.05) is 6.61 Å². The highest BCUT2D eigenvalue weighted by atomic mass is 16.3. The molecule has 4 N–H and O–H groups in total. The molecule has 0 bridgehead atoms. The average molecular weight is 433 g/mol. The van der Waals surface area contributed by atoms with Crippen LogP contribution in [0, 0.1) is 23.2 Å². The molecule has 4 nitrogen and oxygen atoms in total. The van der Waals surface area contributed by atoms with Gasteiger partial charge in [0, 0.05) is 6.42 Å². The number of fused-ring (bicyclic) bond motifs is 1. The molecule has 3 aliphatic rings. The Bertz CT molecular complexity index is 706. The zero-order valence-electron chi connectivity index (χ0n) is 19.8. The van der Waals surface area contributed by atoms with Crippen molar-refractivity contribution in [3.8, 4) is 0 Å². The lowest BCUT2D eigenvalue weighted by molar-refractivity contribution is -0.00891. The highest BCUT2D eigenvalue weighted by Crippen LogP contribution is 2.60. The van der Waals surface area contributed by atoms with Gasteiger partial charge in [0.05, 0.1) is 24.4 Å². The largest absolute Gasteiger partial charge is 0.393 e. The van der Waals surface area contributed by atoms with Gasteiger partial charge in [-0.3, -0.25) is 0 Å². The van der Waals surface area contributed by atoms with Crippen molar-refractivity contribution < 1.29 is 20.4 Å². The van der Waals surface area contributed by atoms with Crippen molar-refractivity contribution in [2.24, 2.45) is 23.2 Å². The summed E-state index contributed by atoms with van der Waals surface area (Å²) in [5.41, 5.74) is 2.65. The van der Waals surface area contributed by atoms with Crippen molar-refractivity contribution in [1.29, 1.82) is 0 Å². The van der Waals surface area contributed by atoms with E-state index in [0.717, 1.165) is 30.4 Å². The molecule has 0 heterocycles. The molecule has 3 rings (SSSR count). The smallest absolute Gasteiger partial charge is 0.0849 e. The Hall–Kier alpha value is -0.940. The van der Waals surface area contributed by atoms with Crippen LogP contribution in [0.25, 0.3) is 0 Å². The Balaban J connectivity index is 1.68. The minimum absolute atomic E-state index is 0.172. The lowest BCUT2D eigenvalue weighted by Crippen LogP contribution is -2.36. The van der Waals surface area contributed by atoms with Gasteiger partial charge in [0.1, 0.15) is 0 Å². The fraction of sp³-hybridized carbons (Fsp3) is 0.778. The maximum absolute atomic E-state index is 10.1. The second-order valence-electron chi connectivity index (χ2n) is 11.2. The van der Waals surface area contributed by atoms with Gasteiger partial charge in [-0.2, -0.15) is 0 Å². The quantitative estimate of drug-likeness (QED) is 0.471. The van der Waals surface area contributed by atoms with E-state index < -0.39 is 17.8 Å². The second-order valence-corrected chi connectivity index (χ2v) is 11.2. The van der Waals surface area contributed by atoms with E-state index in [0.29, 0.717) is 42.4 Å². The fourth-order valence-corrected chi connectivity index (χ4v) is 6.76. The number of aliphatic hydroxyl groups is 4. The monoisotopic (exact) mass is 432 g/mol. The first-order valence-corrected chi connectivity index (χ1v) is 12.4. The van der Waals surface area contributed by atoms with Gasteiger partial charge in [-0.15, -0.1) is 0 Å². The molecule has 0 aromatic rings. The fourth-order valence-electron chi connectivity index (χ4n) is 6.76. The first kappa shape index (κ1) is 24.7. The number of aliphatic hydroxyl groups excluding tert-OH is 3. The van der Waals surface area contributed by atoms with E-state index in [1.807, 2.05) is 0 Å². The summed E-state index contributed by atoms with van der Waals surface area (Å²) in [5, 5.41) is 39.5. The highest BCUT2D eigenvalue weighted by molar-refractivity contribution is 5.38. The normalized spacial score (nSPS) is 39.5. The summed E-state index contributed by atoms with van der Waals surface area (Å²) in [6.07, 6.45) is 13.1. The third-order valence-corrected chi connectivity index (χ3v) is 8.70. The molecule has 3 saturated carbocycles. The van der Waals surface area contributed by atoms with Crippen LogP contribution in [0.5, 0.6) is 0 Å². The van der Waals surface area contributed by atoms with Gasteiger partial charge in [0.15, 0.2) is 0 Å². The lowest BCUT2D eigenvalue weighted by Gasteiger charge is -2.44. The highest BCUT2D eigenvalue weighted by Gasteiger charge is 2.50. The van der Waals surface area contributed by atoms with Gasteiger partial charge in [0.25, 0.3) is 0 Å². The van der Waals surface area contributed by atoms with Crippen molar-refractivity contribution in [3.63, 3.8) is 0 Å². The summed E-state index contributed by atoms with van der Waals surface area (Å²) < 4.78 is 0. The van der Waals surface area contributed by atoms with Gasteiger partial charge in [-0.25, -0.2) is 0 Å². The van der Waals surface area contributed by atoms with E-state index in [-0.39, 0.29) is 6.61 Å². The average Bonchev–Trinajstić information content (AvgIpc) is 3.07. The van der Waals surface area contributed by atoms with Crippen LogP contribution in [-0.2, 0) is 0 Å². The number of hydrogen-bond donors (Lipinski definition) is 4. The summed E-state index contributed by atoms with van der Waals surface area (Å²) in [6.45, 7) is 10.5. The summed E-state index contributed by atoms with van der Waals surface area (Å²) >= 11 is 0. The van der Waals surface area contributed by atoms with Crippen LogP contribution in [0.2, 0.25) is 0 Å². The molecule has 0 aromatic heterocycles. The molecule has 0 saturated heterocycles. The molecule has 0 spiro atoms. The molecule has 31 heavy (non-hydrogen) atoms. The van der Waals surface area contributed by atoms with E-state index >= 15 is 0 Å². The van der Waals surface area contributed by atoms with Gasteiger partial charge in [-0.05, 0) is 86.2 Å². The first-order chi connectivity index (χ1) is 14.6. The van der Waals surface area contributed by atoms with Crippen LogP contribution in [0.3, 0.4) is 0 Å². The summed E-state index contributed by atoms with van der Waals surface area (Å²) in [4.78, 5) is 0. The van der Waals surface area contributed by atoms with Gasteiger partial charge in [-0.1, -0.05) is 51.0 Å². The van der Waals surface area contributed by atoms with E-state index in [4.69, 9.17) is 0 Å². The maximum Gasteiger partial charge on any atom is 0.0849 e. The van der Waals surface area contributed by atoms with Crippen molar-refractivity contribution >= 4 is 0 Å². The van der Waals surface area contributed by atoms with E-state index in [9.17, 15) is 20.4 Å². The van der Waals surface area contributed by atoms with Gasteiger partial charge < -0.3 is 20.4 Å². The number of hydrogen-bond acceptors (Lipinski definition) is 4. The lowest BCUT2D eigenvalue weighted by atomic mass is 9.60. The SMILES string of the molecule is C=C1/C(=C\C=C2CCC[C@@]3(C)C2CC[C@@H]3[C@H](C)CCC[C@@](C)(O)CO)C[C@@H](O)C[C@H]1O. The van der Waals surface area contributed by atoms with Crippen molar-refractivity contribution in [2.45, 2.75) is 103 Å². The van der Waals surface area contributed by atoms with Crippen LogP contribution in [0.1, 0.15) is 85.0 Å². The Morgan fingerprint density at radius 3 is 2.71 bits per heavy atom. The van der Waals surface area contributed by atoms with Crippen LogP contribution < -0.4 is 0 Å². The Morgan fingerprint density at radius 1 is 1.26 bits per heavy atom. The summed E-state index contributed by atoms with van der Waals surface area (Å²) in [7, 11) is 0. The predicted octanol–water partition coefficient (Wildman–Crippen LogP) is 4.68. The standard InChI is InChI=1S/C27H44O4/c1-18(7-5-13-26(3,31)17-28)23-11-12-24-20(8-6-14-27(23,24)4)9-10-21-15-22(29)16-25(30)19(21)2/h9-10,18,22-25,28-31H,2,5-8,11-17H2,1,3-4H3/b20-9?,21-10-/t18-,22-,23-,24?,25-,26-,27-/m1/s1. The molecule has 3 aliphatic carbocycles. The maximum atomic E-state index is 10.1. The third-order valence-electron chi connectivity index (χ3n) is 8.70. The van der Waals surface area contributed by atoms with Gasteiger partial charge in [0.2, 0.25) is 0 Å². The second kappa shape index (κ2) is 9.91. The van der Waals surface area contributed by atoms with Crippen molar-refractivity contribution in [3.05, 3.63) is 35.5 Å². The zero-order chi connectivity index (χ0) is 22.8. The van der Waals surface area contributed by atoms with E-state index in [1.54, 1.807) is 6.92 Å². The number of rotatable bonds is 7. The van der Waals surface area contributed by atoms with Crippen LogP contribution in [0.4, 0.5) is 0 Å². The van der Waals surface area contributed by atoms with Crippen LogP contribution in [0.15, 0.2) is 35.5 Å². The predicted molar refractivity (Wildman–Crippen MR) is 125 cm³/mol. The van der Waals surface area contributed by atoms with Crippen LogP contribution >= 0.6 is 0 Å². The Morgan fingerprint density at radius 2 is 2.00 bits per heavy atom. The molecule has 3 fully saturated rings. The molecule has 176 valence electrons. The molecular formula is C27H44O4. The van der Waals surface area contributed by atoms with Crippen molar-refractivity contribution in [1.82, 2.24) is 0 Å². The third kappa shape index (κ3) is 5.52. The minimum Gasteiger partial charge on any atom is -0.393 e. The molecule has 1 unspecified atom stereocenters. The minimum atomic E-state index is -0.958. The molecule has 0 radical (unpaired) electrons. The Kier molecular flexibility index (Phi) is 7.89. The topological polar surface area (TPSA) is 80.9 Å². The molecule has 7 atom stereocenters. The molecule has 0 aromatic carbocycles. The summed E-state index contributed by atoms with van der Waals surface area (Å²) in [6, 6.07) is 0. The van der Waals surface area contributed by atoms with E-state index in [1.165, 1.54) is 31.3 Å². The zero-order valence-corrected chi connectivity index (χ0v) is 19.8. The first-order valence-electron chi connectivity index (χ1n) is 12.4. The molecule has 4 heteroatoms. The summed E-state index contributed by atoms with van der Waals surface area (Å²) in [5.74, 6) is 1.92. The Labute approximate surface area is 188 Å². The van der Waals surface area contributed by atoms with E-state index in [2.05, 4.69) is 32.6 Å². The molecular weight excluding hydrogens is 388 g/mol. The van der Waals surface area contributed by atoms with Gasteiger partial charge >= 0.3 is 0 Å². The van der Waals surface area contributed by atoms with Crippen LogP contribution in [-0.4, -0.2) is 44.8 Å².